The second-order valence-electron chi connectivity index (χ2n) is 7.73. The average Bonchev–Trinajstić information content (AvgIpc) is 3.08. The summed E-state index contributed by atoms with van der Waals surface area (Å²) in [7, 11) is 0. The Labute approximate surface area is 194 Å². The van der Waals surface area contributed by atoms with Gasteiger partial charge in [-0.25, -0.2) is 4.79 Å². The summed E-state index contributed by atoms with van der Waals surface area (Å²) in [6.45, 7) is 3.06. The standard InChI is InChI=1S/C22H25N3O9/c1-14(26)31-11-8-22(34-16(3)28)13-32-20(19(22)33-15(2)27)24-10-7-18(29)25(21(24)30)12-17-6-4-5-9-23-17/h4-7,9-10,19-20H,8,11-13H2,1-3H3. The van der Waals surface area contributed by atoms with E-state index in [9.17, 15) is 24.0 Å². The van der Waals surface area contributed by atoms with Crippen molar-refractivity contribution < 1.29 is 33.3 Å². The first-order valence-corrected chi connectivity index (χ1v) is 10.5. The van der Waals surface area contributed by atoms with Crippen molar-refractivity contribution in [3.8, 4) is 0 Å². The highest BCUT2D eigenvalue weighted by Crippen LogP contribution is 2.39. The van der Waals surface area contributed by atoms with E-state index in [1.807, 2.05) is 0 Å². The molecule has 0 aromatic carbocycles. The van der Waals surface area contributed by atoms with Gasteiger partial charge in [0.25, 0.3) is 5.56 Å². The number of pyridine rings is 1. The molecule has 3 rings (SSSR count). The molecule has 0 amide bonds. The first kappa shape index (κ1) is 24.8. The number of esters is 3. The number of rotatable bonds is 8. The molecule has 3 unspecified atom stereocenters. The molecule has 0 spiro atoms. The van der Waals surface area contributed by atoms with Crippen LogP contribution in [0.2, 0.25) is 0 Å². The van der Waals surface area contributed by atoms with Crippen molar-refractivity contribution in [2.75, 3.05) is 13.2 Å². The van der Waals surface area contributed by atoms with E-state index in [1.165, 1.54) is 32.3 Å². The maximum Gasteiger partial charge on any atom is 0.333 e. The van der Waals surface area contributed by atoms with E-state index in [0.29, 0.717) is 5.69 Å². The number of aromatic nitrogens is 3. The molecule has 1 saturated heterocycles. The minimum Gasteiger partial charge on any atom is -0.466 e. The molecule has 182 valence electrons. The molecule has 0 radical (unpaired) electrons. The number of carbonyl (C=O) groups is 3. The molecule has 2 aromatic heterocycles. The topological polar surface area (TPSA) is 145 Å². The summed E-state index contributed by atoms with van der Waals surface area (Å²) in [6.07, 6.45) is 0.223. The minimum absolute atomic E-state index is 0.0526. The highest BCUT2D eigenvalue weighted by atomic mass is 16.6. The van der Waals surface area contributed by atoms with Crippen molar-refractivity contribution in [3.05, 3.63) is 63.2 Å². The molecule has 0 N–H and O–H groups in total. The van der Waals surface area contributed by atoms with Crippen molar-refractivity contribution in [3.63, 3.8) is 0 Å². The van der Waals surface area contributed by atoms with Crippen LogP contribution in [0, 0.1) is 0 Å². The summed E-state index contributed by atoms with van der Waals surface area (Å²) in [5.41, 5.74) is -2.34. The van der Waals surface area contributed by atoms with Crippen molar-refractivity contribution in [1.82, 2.24) is 14.1 Å². The van der Waals surface area contributed by atoms with E-state index in [1.54, 1.807) is 18.2 Å². The maximum absolute atomic E-state index is 13.2. The smallest absolute Gasteiger partial charge is 0.333 e. The third-order valence-corrected chi connectivity index (χ3v) is 5.16. The van der Waals surface area contributed by atoms with Crippen LogP contribution in [0.4, 0.5) is 0 Å². The summed E-state index contributed by atoms with van der Waals surface area (Å²) in [5, 5.41) is 0. The van der Waals surface area contributed by atoms with E-state index in [-0.39, 0.29) is 26.2 Å². The monoisotopic (exact) mass is 475 g/mol. The third-order valence-electron chi connectivity index (χ3n) is 5.16. The van der Waals surface area contributed by atoms with Gasteiger partial charge in [-0.1, -0.05) is 6.07 Å². The summed E-state index contributed by atoms with van der Waals surface area (Å²) < 4.78 is 23.8. The van der Waals surface area contributed by atoms with Gasteiger partial charge >= 0.3 is 23.6 Å². The van der Waals surface area contributed by atoms with Crippen LogP contribution in [0.3, 0.4) is 0 Å². The van der Waals surface area contributed by atoms with Crippen LogP contribution in [-0.2, 0) is 39.9 Å². The first-order chi connectivity index (χ1) is 16.1. The number of ether oxygens (including phenoxy) is 4. The van der Waals surface area contributed by atoms with Crippen LogP contribution in [-0.4, -0.2) is 56.9 Å². The Balaban J connectivity index is 2.02. The van der Waals surface area contributed by atoms with Crippen LogP contribution >= 0.6 is 0 Å². The number of hydrogen-bond donors (Lipinski definition) is 0. The fourth-order valence-electron chi connectivity index (χ4n) is 3.76. The maximum atomic E-state index is 13.2. The normalized spacial score (nSPS) is 21.6. The lowest BCUT2D eigenvalue weighted by molar-refractivity contribution is -0.183. The summed E-state index contributed by atoms with van der Waals surface area (Å²) in [6, 6.07) is 6.26. The fourth-order valence-corrected chi connectivity index (χ4v) is 3.76. The number of hydrogen-bond acceptors (Lipinski definition) is 10. The van der Waals surface area contributed by atoms with Crippen molar-refractivity contribution in [2.45, 2.75) is 51.7 Å². The van der Waals surface area contributed by atoms with Crippen LogP contribution in [0.5, 0.6) is 0 Å². The highest BCUT2D eigenvalue weighted by Gasteiger charge is 2.56. The fraction of sp³-hybridized carbons (Fsp3) is 0.455. The molecule has 3 atom stereocenters. The van der Waals surface area contributed by atoms with Crippen LogP contribution < -0.4 is 11.2 Å². The van der Waals surface area contributed by atoms with Crippen molar-refractivity contribution in [2.24, 2.45) is 0 Å². The molecule has 0 saturated carbocycles. The largest absolute Gasteiger partial charge is 0.466 e. The Hall–Kier alpha value is -3.80. The zero-order chi connectivity index (χ0) is 24.9. The minimum atomic E-state index is -1.53. The Morgan fingerprint density at radius 1 is 1.12 bits per heavy atom. The van der Waals surface area contributed by atoms with Gasteiger partial charge in [-0.3, -0.25) is 33.3 Å². The summed E-state index contributed by atoms with van der Waals surface area (Å²) in [5.74, 6) is -1.94. The Bertz CT molecular complexity index is 1170. The average molecular weight is 475 g/mol. The van der Waals surface area contributed by atoms with Crippen molar-refractivity contribution in [1.29, 1.82) is 0 Å². The number of nitrogens with zero attached hydrogens (tertiary/aromatic N) is 3. The lowest BCUT2D eigenvalue weighted by Crippen LogP contribution is -2.51. The van der Waals surface area contributed by atoms with Crippen LogP contribution in [0.25, 0.3) is 0 Å². The van der Waals surface area contributed by atoms with E-state index in [2.05, 4.69) is 4.98 Å². The second-order valence-corrected chi connectivity index (χ2v) is 7.73. The molecular weight excluding hydrogens is 450 g/mol. The molecule has 3 heterocycles. The number of carbonyl (C=O) groups excluding carboxylic acids is 3. The van der Waals surface area contributed by atoms with Gasteiger partial charge in [0.05, 0.1) is 25.5 Å². The zero-order valence-corrected chi connectivity index (χ0v) is 19.0. The van der Waals surface area contributed by atoms with Gasteiger partial charge in [0.1, 0.15) is 0 Å². The van der Waals surface area contributed by atoms with Crippen LogP contribution in [0.15, 0.2) is 46.2 Å². The predicted molar refractivity (Wildman–Crippen MR) is 115 cm³/mol. The lowest BCUT2D eigenvalue weighted by atomic mass is 9.94. The third kappa shape index (κ3) is 5.57. The van der Waals surface area contributed by atoms with Gasteiger partial charge in [0.2, 0.25) is 0 Å². The first-order valence-electron chi connectivity index (χ1n) is 10.5. The molecule has 12 heteroatoms. The van der Waals surface area contributed by atoms with E-state index < -0.39 is 47.1 Å². The van der Waals surface area contributed by atoms with Gasteiger partial charge in [0.15, 0.2) is 17.9 Å². The molecule has 1 fully saturated rings. The highest BCUT2D eigenvalue weighted by molar-refractivity contribution is 5.68. The molecule has 1 aliphatic heterocycles. The Morgan fingerprint density at radius 2 is 1.88 bits per heavy atom. The lowest BCUT2D eigenvalue weighted by Gasteiger charge is -2.33. The quantitative estimate of drug-likeness (QED) is 0.382. The molecule has 0 bridgehead atoms. The molecule has 34 heavy (non-hydrogen) atoms. The Kier molecular flexibility index (Phi) is 7.61. The molecule has 1 aliphatic rings. The van der Waals surface area contributed by atoms with Crippen molar-refractivity contribution >= 4 is 17.9 Å². The predicted octanol–water partition coefficient (Wildman–Crippen LogP) is 0.169. The summed E-state index contributed by atoms with van der Waals surface area (Å²) >= 11 is 0. The molecule has 2 aromatic rings. The molecule has 12 nitrogen and oxygen atoms in total. The summed E-state index contributed by atoms with van der Waals surface area (Å²) in [4.78, 5) is 64.9. The van der Waals surface area contributed by atoms with E-state index in [0.717, 1.165) is 16.1 Å². The van der Waals surface area contributed by atoms with Gasteiger partial charge in [-0.15, -0.1) is 0 Å². The second kappa shape index (κ2) is 10.4. The van der Waals surface area contributed by atoms with Gasteiger partial charge in [0, 0.05) is 45.7 Å². The van der Waals surface area contributed by atoms with Gasteiger partial charge in [-0.05, 0) is 12.1 Å². The zero-order valence-electron chi connectivity index (χ0n) is 19.0. The molecular formula is C22H25N3O9. The van der Waals surface area contributed by atoms with E-state index in [4.69, 9.17) is 18.9 Å². The van der Waals surface area contributed by atoms with Crippen LogP contribution in [0.1, 0.15) is 39.1 Å². The van der Waals surface area contributed by atoms with E-state index >= 15 is 0 Å². The van der Waals surface area contributed by atoms with Gasteiger partial charge < -0.3 is 18.9 Å². The Morgan fingerprint density at radius 3 is 2.50 bits per heavy atom. The molecule has 0 aliphatic carbocycles. The SMILES string of the molecule is CC(=O)OCCC1(OC(C)=O)COC(n2ccc(=O)n(Cc3ccccn3)c2=O)C1OC(C)=O. The van der Waals surface area contributed by atoms with Gasteiger partial charge in [-0.2, -0.15) is 0 Å².